The van der Waals surface area contributed by atoms with Crippen LogP contribution in [0.5, 0.6) is 11.5 Å². The average Bonchev–Trinajstić information content (AvgIpc) is 2.92. The first-order chi connectivity index (χ1) is 9.63. The van der Waals surface area contributed by atoms with Gasteiger partial charge in [-0.25, -0.2) is 10.8 Å². The number of benzene rings is 1. The fourth-order valence-electron chi connectivity index (χ4n) is 1.48. The number of nitrogens with zero attached hydrogens (tertiary/aromatic N) is 2. The molecule has 9 heteroatoms. The molecule has 1 aromatic carbocycles. The van der Waals surface area contributed by atoms with Crippen LogP contribution in [-0.2, 0) is 6.61 Å². The van der Waals surface area contributed by atoms with E-state index in [1.165, 1.54) is 36.6 Å². The van der Waals surface area contributed by atoms with Crippen molar-refractivity contribution in [3.63, 3.8) is 0 Å². The Morgan fingerprint density at radius 2 is 2.35 bits per heavy atom. The van der Waals surface area contributed by atoms with Crippen LogP contribution in [0.25, 0.3) is 0 Å². The number of nitrogens with two attached hydrogens (primary N) is 1. The number of hydrogen-bond acceptors (Lipinski definition) is 8. The van der Waals surface area contributed by atoms with Crippen LogP contribution in [0.15, 0.2) is 24.4 Å². The number of nitro groups is 1. The maximum absolute atomic E-state index is 10.9. The number of nitrogens with one attached hydrogen (secondary N) is 1. The van der Waals surface area contributed by atoms with Crippen LogP contribution in [-0.4, -0.2) is 17.0 Å². The lowest BCUT2D eigenvalue weighted by molar-refractivity contribution is -0.386. The largest absolute Gasteiger partial charge is 0.497 e. The van der Waals surface area contributed by atoms with Crippen LogP contribution in [0.3, 0.4) is 0 Å². The number of rotatable bonds is 6. The lowest BCUT2D eigenvalue weighted by Crippen LogP contribution is -2.05. The van der Waals surface area contributed by atoms with E-state index < -0.39 is 4.92 Å². The Balaban J connectivity index is 2.16. The summed E-state index contributed by atoms with van der Waals surface area (Å²) in [6, 6.07) is 4.32. The number of hydrazine groups is 1. The molecule has 2 aromatic rings. The van der Waals surface area contributed by atoms with Crippen LogP contribution in [0, 0.1) is 10.1 Å². The molecule has 0 atom stereocenters. The Bertz CT molecular complexity index is 616. The molecule has 8 nitrogen and oxygen atoms in total. The van der Waals surface area contributed by atoms with Gasteiger partial charge < -0.3 is 9.47 Å². The normalized spacial score (nSPS) is 10.1. The van der Waals surface area contributed by atoms with Gasteiger partial charge in [-0.15, -0.1) is 0 Å². The van der Waals surface area contributed by atoms with Gasteiger partial charge in [0.2, 0.25) is 5.75 Å². The highest BCUT2D eigenvalue weighted by molar-refractivity contribution is 7.15. The molecule has 0 aliphatic heterocycles. The first-order valence-electron chi connectivity index (χ1n) is 5.50. The van der Waals surface area contributed by atoms with Gasteiger partial charge in [-0.3, -0.25) is 15.5 Å². The minimum absolute atomic E-state index is 0.118. The second kappa shape index (κ2) is 6.17. The molecule has 0 bridgehead atoms. The highest BCUT2D eigenvalue weighted by Crippen LogP contribution is 2.32. The Labute approximate surface area is 118 Å². The highest BCUT2D eigenvalue weighted by Gasteiger charge is 2.16. The number of nitro benzene ring substituents is 1. The van der Waals surface area contributed by atoms with Crippen molar-refractivity contribution in [3.8, 4) is 11.5 Å². The van der Waals surface area contributed by atoms with Gasteiger partial charge in [0, 0.05) is 18.3 Å². The second-order valence-electron chi connectivity index (χ2n) is 3.66. The van der Waals surface area contributed by atoms with Gasteiger partial charge >= 0.3 is 5.69 Å². The summed E-state index contributed by atoms with van der Waals surface area (Å²) in [5.41, 5.74) is 2.30. The molecule has 1 heterocycles. The second-order valence-corrected chi connectivity index (χ2v) is 4.77. The Morgan fingerprint density at radius 3 is 2.95 bits per heavy atom. The van der Waals surface area contributed by atoms with Crippen LogP contribution < -0.4 is 20.7 Å². The lowest BCUT2D eigenvalue weighted by atomic mass is 10.3. The number of anilines is 1. The molecule has 0 saturated carbocycles. The molecule has 2 rings (SSSR count). The third-order valence-corrected chi connectivity index (χ3v) is 3.31. The van der Waals surface area contributed by atoms with Crippen LogP contribution in [0.4, 0.5) is 10.8 Å². The maximum atomic E-state index is 10.9. The monoisotopic (exact) mass is 296 g/mol. The van der Waals surface area contributed by atoms with Crippen molar-refractivity contribution in [2.75, 3.05) is 12.5 Å². The van der Waals surface area contributed by atoms with E-state index in [0.717, 1.165) is 4.88 Å². The highest BCUT2D eigenvalue weighted by atomic mass is 32.1. The number of aromatic nitrogens is 1. The van der Waals surface area contributed by atoms with E-state index in [9.17, 15) is 10.1 Å². The summed E-state index contributed by atoms with van der Waals surface area (Å²) in [5.74, 6) is 5.85. The molecular formula is C11H12N4O4S. The predicted octanol–water partition coefficient (Wildman–Crippen LogP) is 1.92. The summed E-state index contributed by atoms with van der Waals surface area (Å²) in [6.07, 6.45) is 1.59. The van der Waals surface area contributed by atoms with Gasteiger partial charge in [0.1, 0.15) is 12.4 Å². The van der Waals surface area contributed by atoms with Gasteiger partial charge in [-0.1, -0.05) is 11.3 Å². The van der Waals surface area contributed by atoms with E-state index >= 15 is 0 Å². The fourth-order valence-corrected chi connectivity index (χ4v) is 2.11. The summed E-state index contributed by atoms with van der Waals surface area (Å²) in [4.78, 5) is 15.2. The number of hydrogen-bond donors (Lipinski definition) is 2. The molecule has 0 spiro atoms. The predicted molar refractivity (Wildman–Crippen MR) is 73.9 cm³/mol. The molecule has 20 heavy (non-hydrogen) atoms. The molecule has 3 N–H and O–H groups in total. The molecule has 0 aliphatic carbocycles. The topological polar surface area (TPSA) is 113 Å². The summed E-state index contributed by atoms with van der Waals surface area (Å²) in [6.45, 7) is 0.160. The molecule has 0 unspecified atom stereocenters. The molecule has 0 saturated heterocycles. The number of methoxy groups -OCH3 is 1. The zero-order valence-corrected chi connectivity index (χ0v) is 11.3. The van der Waals surface area contributed by atoms with Crippen molar-refractivity contribution in [2.24, 2.45) is 5.84 Å². The third kappa shape index (κ3) is 3.13. The van der Waals surface area contributed by atoms with Crippen molar-refractivity contribution in [1.82, 2.24) is 4.98 Å². The first kappa shape index (κ1) is 14.0. The van der Waals surface area contributed by atoms with Crippen molar-refractivity contribution in [1.29, 1.82) is 0 Å². The smallest absolute Gasteiger partial charge is 0.311 e. The SMILES string of the molecule is COc1ccc([N+](=O)[O-])c(OCc2cnc(NN)s2)c1. The summed E-state index contributed by atoms with van der Waals surface area (Å²) in [7, 11) is 1.48. The van der Waals surface area contributed by atoms with Crippen molar-refractivity contribution in [3.05, 3.63) is 39.4 Å². The molecule has 106 valence electrons. The van der Waals surface area contributed by atoms with Gasteiger partial charge in [0.05, 0.1) is 16.9 Å². The molecule has 0 fully saturated rings. The Kier molecular flexibility index (Phi) is 4.33. The van der Waals surface area contributed by atoms with E-state index in [1.54, 1.807) is 6.20 Å². The molecular weight excluding hydrogens is 284 g/mol. The van der Waals surface area contributed by atoms with Crippen LogP contribution >= 0.6 is 11.3 Å². The summed E-state index contributed by atoms with van der Waals surface area (Å²) in [5, 5.41) is 11.5. The van der Waals surface area contributed by atoms with Crippen LogP contribution in [0.2, 0.25) is 0 Å². The molecule has 1 aromatic heterocycles. The van der Waals surface area contributed by atoms with Crippen LogP contribution in [0.1, 0.15) is 4.88 Å². The first-order valence-corrected chi connectivity index (χ1v) is 6.32. The number of nitrogen functional groups attached to an aromatic ring is 1. The quantitative estimate of drug-likeness (QED) is 0.475. The number of thiazole rings is 1. The van der Waals surface area contributed by atoms with E-state index in [-0.39, 0.29) is 18.0 Å². The maximum Gasteiger partial charge on any atom is 0.311 e. The zero-order chi connectivity index (χ0) is 14.5. The molecule has 0 aliphatic rings. The number of ether oxygens (including phenoxy) is 2. The van der Waals surface area contributed by atoms with Gasteiger partial charge in [-0.05, 0) is 6.07 Å². The average molecular weight is 296 g/mol. The van der Waals surface area contributed by atoms with E-state index in [4.69, 9.17) is 15.3 Å². The standard InChI is InChI=1S/C11H12N4O4S/c1-18-7-2-3-9(15(16)17)10(4-7)19-6-8-5-13-11(14-12)20-8/h2-5H,6,12H2,1H3,(H,13,14). The van der Waals surface area contributed by atoms with Crippen molar-refractivity contribution in [2.45, 2.75) is 6.61 Å². The third-order valence-electron chi connectivity index (χ3n) is 2.41. The van der Waals surface area contributed by atoms with Crippen molar-refractivity contribution < 1.29 is 14.4 Å². The van der Waals surface area contributed by atoms with Gasteiger partial charge in [0.15, 0.2) is 5.13 Å². The van der Waals surface area contributed by atoms with Gasteiger partial charge in [0.25, 0.3) is 0 Å². The molecule has 0 radical (unpaired) electrons. The molecule has 0 amide bonds. The summed E-state index contributed by atoms with van der Waals surface area (Å²) < 4.78 is 10.5. The Hall–Kier alpha value is -2.39. The van der Waals surface area contributed by atoms with Gasteiger partial charge in [-0.2, -0.15) is 0 Å². The van der Waals surface area contributed by atoms with Crippen molar-refractivity contribution >= 4 is 22.2 Å². The minimum atomic E-state index is -0.506. The van der Waals surface area contributed by atoms with E-state index in [0.29, 0.717) is 10.9 Å². The Morgan fingerprint density at radius 1 is 1.55 bits per heavy atom. The zero-order valence-electron chi connectivity index (χ0n) is 10.5. The fraction of sp³-hybridized carbons (Fsp3) is 0.182. The minimum Gasteiger partial charge on any atom is -0.497 e. The lowest BCUT2D eigenvalue weighted by Gasteiger charge is -2.07. The summed E-state index contributed by atoms with van der Waals surface area (Å²) >= 11 is 1.30. The van der Waals surface area contributed by atoms with E-state index in [2.05, 4.69) is 10.4 Å². The van der Waals surface area contributed by atoms with E-state index in [1.807, 2.05) is 0 Å².